The maximum Gasteiger partial charge on any atom is 0.206 e. The average molecular weight is 304 g/mol. The molecule has 110 valence electrons. The van der Waals surface area contributed by atoms with Crippen LogP contribution >= 0.6 is 0 Å². The monoisotopic (exact) mass is 304 g/mol. The van der Waals surface area contributed by atoms with E-state index >= 15 is 0 Å². The molecule has 1 aliphatic heterocycles. The zero-order chi connectivity index (χ0) is 14.7. The first-order valence-corrected chi connectivity index (χ1v) is 8.23. The second-order valence-electron chi connectivity index (χ2n) is 4.93. The lowest BCUT2D eigenvalue weighted by molar-refractivity contribution is 0.104. The second-order valence-corrected chi connectivity index (χ2v) is 6.88. The van der Waals surface area contributed by atoms with Gasteiger partial charge in [-0.25, -0.2) is 8.42 Å². The molecule has 5 heteroatoms. The van der Waals surface area contributed by atoms with Gasteiger partial charge in [0.1, 0.15) is 6.10 Å². The molecule has 0 spiro atoms. The Bertz CT molecular complexity index is 689. The summed E-state index contributed by atoms with van der Waals surface area (Å²) in [6.07, 6.45) is 0.239. The fourth-order valence-electron chi connectivity index (χ4n) is 1.97. The van der Waals surface area contributed by atoms with Crippen molar-refractivity contribution in [3.63, 3.8) is 0 Å². The van der Waals surface area contributed by atoms with Crippen molar-refractivity contribution in [2.45, 2.75) is 22.5 Å². The third-order valence-electron chi connectivity index (χ3n) is 3.26. The van der Waals surface area contributed by atoms with Crippen LogP contribution in [0.3, 0.4) is 0 Å². The van der Waals surface area contributed by atoms with E-state index in [-0.39, 0.29) is 6.10 Å². The Balaban J connectivity index is 1.70. The van der Waals surface area contributed by atoms with Crippen molar-refractivity contribution in [1.82, 2.24) is 0 Å². The lowest BCUT2D eigenvalue weighted by atomic mass is 10.2. The van der Waals surface area contributed by atoms with Crippen LogP contribution in [0.1, 0.15) is 5.56 Å². The highest BCUT2D eigenvalue weighted by Gasteiger charge is 2.22. The Morgan fingerprint density at radius 2 is 1.62 bits per heavy atom. The molecule has 4 nitrogen and oxygen atoms in total. The topological polar surface area (TPSA) is 55.9 Å². The van der Waals surface area contributed by atoms with Gasteiger partial charge in [0, 0.05) is 0 Å². The molecule has 1 fully saturated rings. The van der Waals surface area contributed by atoms with E-state index in [0.29, 0.717) is 23.0 Å². The third kappa shape index (κ3) is 3.50. The van der Waals surface area contributed by atoms with Crippen LogP contribution in [-0.2, 0) is 25.9 Å². The number of sulfone groups is 1. The van der Waals surface area contributed by atoms with Crippen LogP contribution in [0.2, 0.25) is 0 Å². The molecule has 2 aromatic carbocycles. The average Bonchev–Trinajstić information content (AvgIpc) is 3.33. The van der Waals surface area contributed by atoms with E-state index in [2.05, 4.69) is 0 Å². The SMILES string of the molecule is O=S(=O)(c1ccccc1)c1ccc(COC[C@H]2CO2)cc1. The number of epoxide rings is 1. The molecule has 0 bridgehead atoms. The van der Waals surface area contributed by atoms with Crippen molar-refractivity contribution >= 4 is 9.84 Å². The summed E-state index contributed by atoms with van der Waals surface area (Å²) in [5.74, 6) is 0. The maximum absolute atomic E-state index is 12.4. The summed E-state index contributed by atoms with van der Waals surface area (Å²) >= 11 is 0. The van der Waals surface area contributed by atoms with E-state index in [9.17, 15) is 8.42 Å². The molecule has 0 saturated carbocycles. The number of hydrogen-bond donors (Lipinski definition) is 0. The van der Waals surface area contributed by atoms with Crippen LogP contribution in [0.15, 0.2) is 64.4 Å². The minimum absolute atomic E-state index is 0.239. The van der Waals surface area contributed by atoms with Gasteiger partial charge in [-0.3, -0.25) is 0 Å². The van der Waals surface area contributed by atoms with Crippen LogP contribution in [-0.4, -0.2) is 27.7 Å². The van der Waals surface area contributed by atoms with Gasteiger partial charge in [0.2, 0.25) is 9.84 Å². The first-order valence-electron chi connectivity index (χ1n) is 6.75. The number of rotatable bonds is 6. The Labute approximate surface area is 124 Å². The van der Waals surface area contributed by atoms with Crippen LogP contribution in [0.4, 0.5) is 0 Å². The zero-order valence-electron chi connectivity index (χ0n) is 11.4. The van der Waals surface area contributed by atoms with Crippen molar-refractivity contribution in [3.05, 3.63) is 60.2 Å². The first-order chi connectivity index (χ1) is 10.2. The van der Waals surface area contributed by atoms with Gasteiger partial charge in [0.15, 0.2) is 0 Å². The van der Waals surface area contributed by atoms with Gasteiger partial charge in [0.05, 0.1) is 29.6 Å². The Morgan fingerprint density at radius 3 is 2.24 bits per heavy atom. The van der Waals surface area contributed by atoms with Gasteiger partial charge in [-0.15, -0.1) is 0 Å². The highest BCUT2D eigenvalue weighted by molar-refractivity contribution is 7.91. The molecule has 1 saturated heterocycles. The van der Waals surface area contributed by atoms with Crippen LogP contribution in [0, 0.1) is 0 Å². The fraction of sp³-hybridized carbons (Fsp3) is 0.250. The minimum atomic E-state index is -3.44. The maximum atomic E-state index is 12.4. The van der Waals surface area contributed by atoms with Gasteiger partial charge in [0.25, 0.3) is 0 Å². The molecule has 0 N–H and O–H groups in total. The summed E-state index contributed by atoms with van der Waals surface area (Å²) < 4.78 is 35.4. The van der Waals surface area contributed by atoms with Crippen molar-refractivity contribution < 1.29 is 17.9 Å². The summed E-state index contributed by atoms with van der Waals surface area (Å²) in [5, 5.41) is 0. The zero-order valence-corrected chi connectivity index (χ0v) is 12.3. The van der Waals surface area contributed by atoms with Gasteiger partial charge >= 0.3 is 0 Å². The van der Waals surface area contributed by atoms with Gasteiger partial charge in [-0.2, -0.15) is 0 Å². The molecule has 3 rings (SSSR count). The summed E-state index contributed by atoms with van der Waals surface area (Å²) in [4.78, 5) is 0.600. The fourth-order valence-corrected chi connectivity index (χ4v) is 3.26. The summed E-state index contributed by atoms with van der Waals surface area (Å²) in [6, 6.07) is 15.2. The highest BCUT2D eigenvalue weighted by Crippen LogP contribution is 2.21. The third-order valence-corrected chi connectivity index (χ3v) is 5.05. The summed E-state index contributed by atoms with van der Waals surface area (Å²) in [5.41, 5.74) is 0.947. The summed E-state index contributed by atoms with van der Waals surface area (Å²) in [7, 11) is -3.44. The van der Waals surface area contributed by atoms with E-state index in [1.165, 1.54) is 0 Å². The number of ether oxygens (including phenoxy) is 2. The highest BCUT2D eigenvalue weighted by atomic mass is 32.2. The standard InChI is InChI=1S/C16H16O4S/c17-21(18,15-4-2-1-3-5-15)16-8-6-13(7-9-16)10-19-11-14-12-20-14/h1-9,14H,10-12H2/t14-/m0/s1. The Kier molecular flexibility index (Phi) is 4.05. The van der Waals surface area contributed by atoms with E-state index in [4.69, 9.17) is 9.47 Å². The van der Waals surface area contributed by atoms with Crippen molar-refractivity contribution in [3.8, 4) is 0 Å². The number of hydrogen-bond acceptors (Lipinski definition) is 4. The Hall–Kier alpha value is -1.69. The minimum Gasteiger partial charge on any atom is -0.374 e. The van der Waals surface area contributed by atoms with Crippen molar-refractivity contribution in [2.75, 3.05) is 13.2 Å². The van der Waals surface area contributed by atoms with Crippen LogP contribution < -0.4 is 0 Å². The molecule has 1 aliphatic rings. The molecule has 1 atom stereocenters. The molecule has 2 aromatic rings. The van der Waals surface area contributed by atoms with Gasteiger partial charge in [-0.05, 0) is 29.8 Å². The first kappa shape index (κ1) is 14.3. The van der Waals surface area contributed by atoms with Crippen LogP contribution in [0.25, 0.3) is 0 Å². The lowest BCUT2D eigenvalue weighted by Crippen LogP contribution is -2.03. The van der Waals surface area contributed by atoms with Crippen molar-refractivity contribution in [1.29, 1.82) is 0 Å². The number of benzene rings is 2. The van der Waals surface area contributed by atoms with E-state index in [0.717, 1.165) is 12.2 Å². The molecule has 1 heterocycles. The molecule has 0 amide bonds. The smallest absolute Gasteiger partial charge is 0.206 e. The van der Waals surface area contributed by atoms with E-state index < -0.39 is 9.84 Å². The van der Waals surface area contributed by atoms with Gasteiger partial charge in [-0.1, -0.05) is 30.3 Å². The quantitative estimate of drug-likeness (QED) is 0.769. The molecule has 0 aromatic heterocycles. The molecule has 21 heavy (non-hydrogen) atoms. The summed E-state index contributed by atoms with van der Waals surface area (Å²) in [6.45, 7) is 1.82. The normalized spacial score (nSPS) is 17.6. The van der Waals surface area contributed by atoms with E-state index in [1.807, 2.05) is 0 Å². The predicted octanol–water partition coefficient (Wildman–Crippen LogP) is 2.43. The molecule has 0 radical (unpaired) electrons. The second kappa shape index (κ2) is 5.97. The Morgan fingerprint density at radius 1 is 1.00 bits per heavy atom. The van der Waals surface area contributed by atoms with Crippen molar-refractivity contribution in [2.24, 2.45) is 0 Å². The molecular weight excluding hydrogens is 288 g/mol. The lowest BCUT2D eigenvalue weighted by Gasteiger charge is -2.06. The molecule has 0 aliphatic carbocycles. The van der Waals surface area contributed by atoms with Gasteiger partial charge < -0.3 is 9.47 Å². The van der Waals surface area contributed by atoms with Crippen LogP contribution in [0.5, 0.6) is 0 Å². The van der Waals surface area contributed by atoms with E-state index in [1.54, 1.807) is 54.6 Å². The predicted molar refractivity (Wildman–Crippen MR) is 77.7 cm³/mol. The molecule has 0 unspecified atom stereocenters. The largest absolute Gasteiger partial charge is 0.374 e. The molecular formula is C16H16O4S.